The summed E-state index contributed by atoms with van der Waals surface area (Å²) in [5, 5.41) is 0. The number of hydrogen-bond acceptors (Lipinski definition) is 8. The summed E-state index contributed by atoms with van der Waals surface area (Å²) < 4.78 is 41.7. The molecule has 0 N–H and O–H groups in total. The van der Waals surface area contributed by atoms with Gasteiger partial charge in [0, 0.05) is 7.11 Å². The van der Waals surface area contributed by atoms with Crippen molar-refractivity contribution >= 4 is 5.97 Å². The number of ether oxygens (including phenoxy) is 7. The second-order valence-corrected chi connectivity index (χ2v) is 8.37. The van der Waals surface area contributed by atoms with E-state index in [-0.39, 0.29) is 0 Å². The highest BCUT2D eigenvalue weighted by molar-refractivity contribution is 5.89. The van der Waals surface area contributed by atoms with Gasteiger partial charge in [-0.15, -0.1) is 0 Å². The van der Waals surface area contributed by atoms with E-state index in [1.54, 1.807) is 24.3 Å². The van der Waals surface area contributed by atoms with E-state index in [1.165, 1.54) is 7.11 Å². The number of methoxy groups -OCH3 is 1. The molecular weight excluding hydrogens is 380 g/mol. The molecular formula is C21H28O8. The maximum absolute atomic E-state index is 12.8. The maximum Gasteiger partial charge on any atom is 0.338 e. The first kappa shape index (κ1) is 20.7. The summed E-state index contributed by atoms with van der Waals surface area (Å²) >= 11 is 0. The molecule has 6 atom stereocenters. The number of carbonyl (C=O) groups excluding carboxylic acids is 1. The zero-order chi connectivity index (χ0) is 20.8. The van der Waals surface area contributed by atoms with Crippen LogP contribution in [0.2, 0.25) is 0 Å². The third-order valence-electron chi connectivity index (χ3n) is 5.25. The number of hydrogen-bond donors (Lipinski definition) is 0. The maximum atomic E-state index is 12.8. The molecule has 0 radical (unpaired) electrons. The van der Waals surface area contributed by atoms with Crippen molar-refractivity contribution in [1.29, 1.82) is 0 Å². The molecule has 0 spiro atoms. The standard InChI is InChI=1S/C21H28O8/c1-20(2)24-11-13-14(27-20)15-16(29-21(3,4)28-15)17(19(23-5)25-13)26-18(22)12-9-7-6-8-10-12/h6-10,13-17,19H,11H2,1-5H3/t13?,14-,15+,16?,17?,19-/m1/s1. The number of carbonyl (C=O) groups is 1. The minimum atomic E-state index is -0.876. The summed E-state index contributed by atoms with van der Waals surface area (Å²) in [5.74, 6) is -2.16. The van der Waals surface area contributed by atoms with Gasteiger partial charge in [0.1, 0.15) is 24.4 Å². The van der Waals surface area contributed by atoms with E-state index in [0.717, 1.165) is 0 Å². The predicted molar refractivity (Wildman–Crippen MR) is 100 cm³/mol. The van der Waals surface area contributed by atoms with Crippen molar-refractivity contribution in [3.05, 3.63) is 35.9 Å². The average molecular weight is 408 g/mol. The van der Waals surface area contributed by atoms with E-state index in [4.69, 9.17) is 33.2 Å². The lowest BCUT2D eigenvalue weighted by molar-refractivity contribution is -0.340. The van der Waals surface area contributed by atoms with E-state index in [0.29, 0.717) is 12.2 Å². The molecule has 3 heterocycles. The molecule has 0 saturated carbocycles. The van der Waals surface area contributed by atoms with Gasteiger partial charge in [0.25, 0.3) is 0 Å². The summed E-state index contributed by atoms with van der Waals surface area (Å²) in [6, 6.07) is 8.76. The first-order valence-electron chi connectivity index (χ1n) is 9.81. The van der Waals surface area contributed by atoms with Crippen molar-refractivity contribution in [2.45, 2.75) is 76.1 Å². The first-order valence-corrected chi connectivity index (χ1v) is 9.81. The van der Waals surface area contributed by atoms with Crippen LogP contribution in [0.1, 0.15) is 38.1 Å². The first-order chi connectivity index (χ1) is 13.7. The molecule has 3 fully saturated rings. The van der Waals surface area contributed by atoms with Gasteiger partial charge in [-0.1, -0.05) is 18.2 Å². The molecule has 1 aromatic carbocycles. The van der Waals surface area contributed by atoms with Gasteiger partial charge in [-0.25, -0.2) is 4.79 Å². The highest BCUT2D eigenvalue weighted by Gasteiger charge is 2.59. The van der Waals surface area contributed by atoms with Gasteiger partial charge in [-0.2, -0.15) is 0 Å². The lowest BCUT2D eigenvalue weighted by atomic mass is 9.99. The fourth-order valence-electron chi connectivity index (χ4n) is 4.02. The molecule has 160 valence electrons. The molecule has 3 unspecified atom stereocenters. The van der Waals surface area contributed by atoms with Crippen molar-refractivity contribution in [2.75, 3.05) is 13.7 Å². The highest BCUT2D eigenvalue weighted by atomic mass is 16.8. The lowest BCUT2D eigenvalue weighted by Crippen LogP contribution is -2.55. The molecule has 29 heavy (non-hydrogen) atoms. The Morgan fingerprint density at radius 3 is 2.31 bits per heavy atom. The van der Waals surface area contributed by atoms with Gasteiger partial charge in [0.2, 0.25) is 0 Å². The summed E-state index contributed by atoms with van der Waals surface area (Å²) in [5.41, 5.74) is 0.430. The molecule has 8 heteroatoms. The van der Waals surface area contributed by atoms with E-state index in [9.17, 15) is 4.79 Å². The van der Waals surface area contributed by atoms with Crippen molar-refractivity contribution in [1.82, 2.24) is 0 Å². The molecule has 0 amide bonds. The number of esters is 1. The van der Waals surface area contributed by atoms with Crippen LogP contribution in [0, 0.1) is 0 Å². The SMILES string of the molecule is CO[C@@H]1OC2COC(C)(C)O[C@H]2[C@@H]2OC(C)(C)OC2C1OC(=O)c1ccccc1. The Balaban J connectivity index is 1.65. The third kappa shape index (κ3) is 4.19. The topological polar surface area (TPSA) is 81.7 Å². The van der Waals surface area contributed by atoms with Crippen molar-refractivity contribution < 1.29 is 38.0 Å². The smallest absolute Gasteiger partial charge is 0.338 e. The fourth-order valence-corrected chi connectivity index (χ4v) is 4.02. The molecule has 0 bridgehead atoms. The molecule has 3 aliphatic heterocycles. The second-order valence-electron chi connectivity index (χ2n) is 8.37. The zero-order valence-electron chi connectivity index (χ0n) is 17.3. The predicted octanol–water partition coefficient (Wildman–Crippen LogP) is 2.25. The van der Waals surface area contributed by atoms with Gasteiger partial charge in [-0.3, -0.25) is 0 Å². The van der Waals surface area contributed by atoms with Crippen LogP contribution in [0.15, 0.2) is 30.3 Å². The van der Waals surface area contributed by atoms with E-state index in [2.05, 4.69) is 0 Å². The summed E-state index contributed by atoms with van der Waals surface area (Å²) in [4.78, 5) is 12.8. The van der Waals surface area contributed by atoms with Crippen LogP contribution in [-0.2, 0) is 33.2 Å². The van der Waals surface area contributed by atoms with Crippen LogP contribution in [-0.4, -0.2) is 68.1 Å². The minimum Gasteiger partial charge on any atom is -0.450 e. The number of fused-ring (bicyclic) bond motifs is 3. The molecule has 0 aromatic heterocycles. The summed E-state index contributed by atoms with van der Waals surface area (Å²) in [6.45, 7) is 7.61. The van der Waals surface area contributed by atoms with Crippen LogP contribution < -0.4 is 0 Å². The normalized spacial score (nSPS) is 37.8. The Bertz CT molecular complexity index is 733. The Hall–Kier alpha value is -1.55. The number of benzene rings is 1. The van der Waals surface area contributed by atoms with Crippen LogP contribution in [0.3, 0.4) is 0 Å². The van der Waals surface area contributed by atoms with E-state index < -0.39 is 54.4 Å². The zero-order valence-corrected chi connectivity index (χ0v) is 17.3. The van der Waals surface area contributed by atoms with E-state index in [1.807, 2.05) is 33.8 Å². The monoisotopic (exact) mass is 408 g/mol. The van der Waals surface area contributed by atoms with Crippen molar-refractivity contribution in [2.24, 2.45) is 0 Å². The van der Waals surface area contributed by atoms with Crippen LogP contribution in [0.25, 0.3) is 0 Å². The largest absolute Gasteiger partial charge is 0.450 e. The quantitative estimate of drug-likeness (QED) is 0.705. The third-order valence-corrected chi connectivity index (χ3v) is 5.25. The molecule has 0 aliphatic carbocycles. The molecule has 3 aliphatic rings. The van der Waals surface area contributed by atoms with Crippen LogP contribution in [0.5, 0.6) is 0 Å². The van der Waals surface area contributed by atoms with Gasteiger partial charge < -0.3 is 33.2 Å². The van der Waals surface area contributed by atoms with Gasteiger partial charge in [-0.05, 0) is 39.8 Å². The Morgan fingerprint density at radius 1 is 0.966 bits per heavy atom. The average Bonchev–Trinajstić information content (AvgIpc) is 2.95. The van der Waals surface area contributed by atoms with Crippen molar-refractivity contribution in [3.63, 3.8) is 0 Å². The number of rotatable bonds is 3. The Labute approximate surface area is 170 Å². The minimum absolute atomic E-state index is 0.296. The molecule has 3 saturated heterocycles. The summed E-state index contributed by atoms with van der Waals surface area (Å²) in [7, 11) is 1.50. The van der Waals surface area contributed by atoms with E-state index >= 15 is 0 Å². The van der Waals surface area contributed by atoms with Gasteiger partial charge >= 0.3 is 5.97 Å². The van der Waals surface area contributed by atoms with Crippen LogP contribution >= 0.6 is 0 Å². The Morgan fingerprint density at radius 2 is 1.62 bits per heavy atom. The molecule has 8 nitrogen and oxygen atoms in total. The van der Waals surface area contributed by atoms with Crippen LogP contribution in [0.4, 0.5) is 0 Å². The second kappa shape index (κ2) is 7.61. The van der Waals surface area contributed by atoms with Gasteiger partial charge in [0.15, 0.2) is 24.0 Å². The summed E-state index contributed by atoms with van der Waals surface area (Å²) in [6.07, 6.45) is -3.80. The Kier molecular flexibility index (Phi) is 5.43. The highest BCUT2D eigenvalue weighted by Crippen LogP contribution is 2.42. The van der Waals surface area contributed by atoms with Gasteiger partial charge in [0.05, 0.1) is 12.2 Å². The van der Waals surface area contributed by atoms with Crippen molar-refractivity contribution in [3.8, 4) is 0 Å². The fraction of sp³-hybridized carbons (Fsp3) is 0.667. The molecule has 1 aromatic rings. The lowest BCUT2D eigenvalue weighted by Gasteiger charge is -2.42. The molecule has 4 rings (SSSR count).